The molecule has 0 aliphatic rings. The molecule has 0 atom stereocenters. The molecule has 1 N–H and O–H groups in total. The molecule has 0 aliphatic carbocycles. The number of nitro groups is 1. The zero-order valence-corrected chi connectivity index (χ0v) is 9.94. The fourth-order valence-electron chi connectivity index (χ4n) is 1.45. The molecular weight excluding hydrogens is 225 g/mol. The zero-order valence-electron chi connectivity index (χ0n) is 9.94. The molecule has 0 aliphatic heterocycles. The van der Waals surface area contributed by atoms with Gasteiger partial charge < -0.3 is 10.2 Å². The molecule has 5 nitrogen and oxygen atoms in total. The SMILES string of the molecule is CN(C)CCCNc1c(F)cccc1[N+](=O)[O-]. The molecule has 1 rings (SSSR count). The van der Waals surface area contributed by atoms with Crippen molar-refractivity contribution in [1.82, 2.24) is 4.90 Å². The summed E-state index contributed by atoms with van der Waals surface area (Å²) in [6.07, 6.45) is 0.790. The van der Waals surface area contributed by atoms with E-state index >= 15 is 0 Å². The second kappa shape index (κ2) is 6.15. The van der Waals surface area contributed by atoms with Crippen molar-refractivity contribution in [2.24, 2.45) is 0 Å². The first-order valence-electron chi connectivity index (χ1n) is 5.34. The first-order chi connectivity index (χ1) is 8.02. The van der Waals surface area contributed by atoms with E-state index < -0.39 is 10.7 Å². The lowest BCUT2D eigenvalue weighted by molar-refractivity contribution is -0.384. The van der Waals surface area contributed by atoms with Crippen molar-refractivity contribution in [2.45, 2.75) is 6.42 Å². The molecule has 0 saturated carbocycles. The Hall–Kier alpha value is -1.69. The number of halogens is 1. The van der Waals surface area contributed by atoms with Crippen LogP contribution in [0.25, 0.3) is 0 Å². The highest BCUT2D eigenvalue weighted by Crippen LogP contribution is 2.26. The Labute approximate surface area is 99.4 Å². The molecule has 0 aromatic heterocycles. The molecule has 94 valence electrons. The van der Waals surface area contributed by atoms with E-state index in [4.69, 9.17) is 0 Å². The molecule has 0 spiro atoms. The predicted molar refractivity (Wildman–Crippen MR) is 64.7 cm³/mol. The molecule has 0 bridgehead atoms. The Kier molecular flexibility index (Phi) is 4.84. The van der Waals surface area contributed by atoms with Gasteiger partial charge in [0.2, 0.25) is 0 Å². The van der Waals surface area contributed by atoms with Gasteiger partial charge in [-0.3, -0.25) is 10.1 Å². The van der Waals surface area contributed by atoms with Crippen molar-refractivity contribution in [3.05, 3.63) is 34.1 Å². The Morgan fingerprint density at radius 3 is 2.76 bits per heavy atom. The Morgan fingerprint density at radius 1 is 1.47 bits per heavy atom. The lowest BCUT2D eigenvalue weighted by atomic mass is 10.2. The third-order valence-electron chi connectivity index (χ3n) is 2.27. The minimum absolute atomic E-state index is 0.0312. The Balaban J connectivity index is 2.66. The van der Waals surface area contributed by atoms with E-state index in [0.717, 1.165) is 13.0 Å². The maximum atomic E-state index is 13.4. The largest absolute Gasteiger partial charge is 0.377 e. The van der Waals surface area contributed by atoms with Gasteiger partial charge in [-0.05, 0) is 33.1 Å². The van der Waals surface area contributed by atoms with E-state index in [1.54, 1.807) is 0 Å². The summed E-state index contributed by atoms with van der Waals surface area (Å²) >= 11 is 0. The van der Waals surface area contributed by atoms with Gasteiger partial charge in [0.25, 0.3) is 5.69 Å². The number of hydrogen-bond donors (Lipinski definition) is 1. The number of nitrogens with one attached hydrogen (secondary N) is 1. The van der Waals surface area contributed by atoms with Gasteiger partial charge in [-0.2, -0.15) is 0 Å². The van der Waals surface area contributed by atoms with Crippen LogP contribution in [0, 0.1) is 15.9 Å². The summed E-state index contributed by atoms with van der Waals surface area (Å²) in [6, 6.07) is 3.83. The second-order valence-corrected chi connectivity index (χ2v) is 3.97. The molecule has 6 heteroatoms. The van der Waals surface area contributed by atoms with Crippen LogP contribution in [0.1, 0.15) is 6.42 Å². The van der Waals surface area contributed by atoms with Crippen LogP contribution in [-0.2, 0) is 0 Å². The summed E-state index contributed by atoms with van der Waals surface area (Å²) in [5.74, 6) is -0.593. The minimum Gasteiger partial charge on any atom is -0.377 e. The molecular formula is C11H16FN3O2. The molecule has 0 fully saturated rings. The average Bonchev–Trinajstić information content (AvgIpc) is 2.25. The van der Waals surface area contributed by atoms with Crippen molar-refractivity contribution in [2.75, 3.05) is 32.5 Å². The van der Waals surface area contributed by atoms with Crippen molar-refractivity contribution in [3.63, 3.8) is 0 Å². The van der Waals surface area contributed by atoms with Crippen LogP contribution < -0.4 is 5.32 Å². The minimum atomic E-state index is -0.593. The fourth-order valence-corrected chi connectivity index (χ4v) is 1.45. The van der Waals surface area contributed by atoms with Gasteiger partial charge in [-0.25, -0.2) is 4.39 Å². The van der Waals surface area contributed by atoms with E-state index in [0.29, 0.717) is 6.54 Å². The van der Waals surface area contributed by atoms with Crippen LogP contribution in [0.3, 0.4) is 0 Å². The molecule has 0 radical (unpaired) electrons. The number of anilines is 1. The topological polar surface area (TPSA) is 58.4 Å². The van der Waals surface area contributed by atoms with Crippen molar-refractivity contribution < 1.29 is 9.31 Å². The smallest absolute Gasteiger partial charge is 0.295 e. The van der Waals surface area contributed by atoms with E-state index in [2.05, 4.69) is 5.32 Å². The third kappa shape index (κ3) is 3.99. The van der Waals surface area contributed by atoms with E-state index in [-0.39, 0.29) is 11.4 Å². The lowest BCUT2D eigenvalue weighted by Crippen LogP contribution is -2.17. The van der Waals surface area contributed by atoms with Crippen LogP contribution >= 0.6 is 0 Å². The van der Waals surface area contributed by atoms with Crippen molar-refractivity contribution >= 4 is 11.4 Å². The first kappa shape index (κ1) is 13.4. The first-order valence-corrected chi connectivity index (χ1v) is 5.34. The van der Waals surface area contributed by atoms with Gasteiger partial charge in [0, 0.05) is 12.6 Å². The van der Waals surface area contributed by atoms with Crippen LogP contribution in [0.2, 0.25) is 0 Å². The average molecular weight is 241 g/mol. The van der Waals surface area contributed by atoms with Gasteiger partial charge in [0.15, 0.2) is 5.82 Å². The summed E-state index contributed by atoms with van der Waals surface area (Å²) in [7, 11) is 3.87. The van der Waals surface area contributed by atoms with Gasteiger partial charge >= 0.3 is 0 Å². The van der Waals surface area contributed by atoms with Gasteiger partial charge in [0.1, 0.15) is 5.69 Å². The van der Waals surface area contributed by atoms with E-state index in [1.807, 2.05) is 19.0 Å². The molecule has 0 amide bonds. The van der Waals surface area contributed by atoms with Crippen molar-refractivity contribution in [3.8, 4) is 0 Å². The van der Waals surface area contributed by atoms with E-state index in [9.17, 15) is 14.5 Å². The fraction of sp³-hybridized carbons (Fsp3) is 0.455. The van der Waals surface area contributed by atoms with Gasteiger partial charge in [-0.15, -0.1) is 0 Å². The Bertz CT molecular complexity index is 396. The molecule has 1 aromatic carbocycles. The number of benzene rings is 1. The van der Waals surface area contributed by atoms with Gasteiger partial charge in [0.05, 0.1) is 4.92 Å². The maximum Gasteiger partial charge on any atom is 0.295 e. The summed E-state index contributed by atoms with van der Waals surface area (Å²) in [5, 5.41) is 13.5. The number of nitro benzene ring substituents is 1. The normalized spacial score (nSPS) is 10.6. The number of nitrogens with zero attached hydrogens (tertiary/aromatic N) is 2. The summed E-state index contributed by atoms with van der Waals surface area (Å²) in [6.45, 7) is 1.34. The zero-order chi connectivity index (χ0) is 12.8. The van der Waals surface area contributed by atoms with Crippen molar-refractivity contribution in [1.29, 1.82) is 0 Å². The second-order valence-electron chi connectivity index (χ2n) is 3.97. The summed E-state index contributed by atoms with van der Waals surface area (Å²) < 4.78 is 13.4. The molecule has 17 heavy (non-hydrogen) atoms. The number of rotatable bonds is 6. The monoisotopic (exact) mass is 241 g/mol. The molecule has 0 unspecified atom stereocenters. The standard InChI is InChI=1S/C11H16FN3O2/c1-14(2)8-4-7-13-11-9(12)5-3-6-10(11)15(16)17/h3,5-6,13H,4,7-8H2,1-2H3. The third-order valence-corrected chi connectivity index (χ3v) is 2.27. The van der Waals surface area contributed by atoms with Crippen LogP contribution in [0.15, 0.2) is 18.2 Å². The van der Waals surface area contributed by atoms with Crippen LogP contribution in [0.4, 0.5) is 15.8 Å². The molecule has 0 heterocycles. The molecule has 0 saturated heterocycles. The highest BCUT2D eigenvalue weighted by molar-refractivity contribution is 5.62. The van der Waals surface area contributed by atoms with Crippen LogP contribution in [-0.4, -0.2) is 37.0 Å². The highest BCUT2D eigenvalue weighted by Gasteiger charge is 2.16. The predicted octanol–water partition coefficient (Wildman–Crippen LogP) is 2.10. The quantitative estimate of drug-likeness (QED) is 0.470. The summed E-state index contributed by atoms with van der Waals surface area (Å²) in [4.78, 5) is 12.1. The number of hydrogen-bond acceptors (Lipinski definition) is 4. The Morgan fingerprint density at radius 2 is 2.18 bits per heavy atom. The molecule has 1 aromatic rings. The maximum absolute atomic E-state index is 13.4. The number of para-hydroxylation sites is 1. The van der Waals surface area contributed by atoms with E-state index in [1.165, 1.54) is 18.2 Å². The highest BCUT2D eigenvalue weighted by atomic mass is 19.1. The van der Waals surface area contributed by atoms with Crippen LogP contribution in [0.5, 0.6) is 0 Å². The summed E-state index contributed by atoms with van der Waals surface area (Å²) in [5.41, 5.74) is -0.258. The van der Waals surface area contributed by atoms with Gasteiger partial charge in [-0.1, -0.05) is 6.07 Å². The lowest BCUT2D eigenvalue weighted by Gasteiger charge is -2.11.